The molecule has 1 atom stereocenters. The zero-order valence-electron chi connectivity index (χ0n) is 20.7. The molecule has 0 spiro atoms. The maximum Gasteiger partial charge on any atom is 0.255 e. The van der Waals surface area contributed by atoms with Crippen molar-refractivity contribution in [3.05, 3.63) is 77.6 Å². The molecular weight excluding hydrogens is 477 g/mol. The van der Waals surface area contributed by atoms with E-state index in [9.17, 15) is 9.18 Å². The number of nitrogens with zero attached hydrogens (tertiary/aromatic N) is 2. The maximum atomic E-state index is 13.6. The van der Waals surface area contributed by atoms with Crippen molar-refractivity contribution in [1.29, 1.82) is 0 Å². The van der Waals surface area contributed by atoms with E-state index >= 15 is 0 Å². The molecule has 8 heteroatoms. The highest BCUT2D eigenvalue weighted by Gasteiger charge is 2.34. The van der Waals surface area contributed by atoms with Crippen molar-refractivity contribution in [2.45, 2.75) is 12.5 Å². The van der Waals surface area contributed by atoms with Crippen molar-refractivity contribution >= 4 is 40.2 Å². The summed E-state index contributed by atoms with van der Waals surface area (Å²) in [5.41, 5.74) is 4.62. The molecule has 0 saturated carbocycles. The Morgan fingerprint density at radius 3 is 2.53 bits per heavy atom. The van der Waals surface area contributed by atoms with Gasteiger partial charge in [0, 0.05) is 62.1 Å². The lowest BCUT2D eigenvalue weighted by molar-refractivity contribution is 0.0964. The number of halogens is 1. The third-order valence-electron chi connectivity index (χ3n) is 6.58. The molecule has 1 amide bonds. The Labute approximate surface area is 214 Å². The van der Waals surface area contributed by atoms with Crippen LogP contribution < -0.4 is 19.3 Å². The van der Waals surface area contributed by atoms with E-state index in [0.29, 0.717) is 35.4 Å². The summed E-state index contributed by atoms with van der Waals surface area (Å²) in [4.78, 5) is 15.3. The van der Waals surface area contributed by atoms with Gasteiger partial charge in [0.15, 0.2) is 0 Å². The average Bonchev–Trinajstić information content (AvgIpc) is 3.49. The lowest BCUT2D eigenvalue weighted by Gasteiger charge is -2.24. The molecule has 0 aliphatic carbocycles. The van der Waals surface area contributed by atoms with Gasteiger partial charge in [-0.15, -0.1) is 0 Å². The van der Waals surface area contributed by atoms with Crippen molar-refractivity contribution in [1.82, 2.24) is 5.32 Å². The van der Waals surface area contributed by atoms with Crippen LogP contribution >= 0.6 is 11.9 Å². The molecule has 1 aliphatic heterocycles. The van der Waals surface area contributed by atoms with Crippen LogP contribution in [0.25, 0.3) is 22.3 Å². The van der Waals surface area contributed by atoms with Gasteiger partial charge in [-0.05, 0) is 36.4 Å². The van der Waals surface area contributed by atoms with Crippen LogP contribution in [0.3, 0.4) is 0 Å². The van der Waals surface area contributed by atoms with Crippen molar-refractivity contribution in [3.63, 3.8) is 0 Å². The SMILES string of the molecule is CNC(=O)c1c(-c2ccc(F)cc2)oc2cc(N(C)SC)c3c(c12)CC(CN(C)c1ccccc1)O3. The number of amides is 1. The Kier molecular flexibility index (Phi) is 6.53. The van der Waals surface area contributed by atoms with Gasteiger partial charge in [0.2, 0.25) is 0 Å². The molecule has 1 aliphatic rings. The first kappa shape index (κ1) is 24.1. The molecule has 5 rings (SSSR count). The first-order chi connectivity index (χ1) is 17.4. The number of carbonyl (C=O) groups excluding carboxylic acids is 1. The molecule has 0 fully saturated rings. The summed E-state index contributed by atoms with van der Waals surface area (Å²) >= 11 is 1.56. The van der Waals surface area contributed by atoms with Crippen LogP contribution in [0.15, 0.2) is 65.1 Å². The first-order valence-corrected chi connectivity index (χ1v) is 12.9. The van der Waals surface area contributed by atoms with Gasteiger partial charge in [-0.25, -0.2) is 4.39 Å². The number of hydrogen-bond donors (Lipinski definition) is 1. The van der Waals surface area contributed by atoms with Crippen LogP contribution in [0.5, 0.6) is 5.75 Å². The summed E-state index contributed by atoms with van der Waals surface area (Å²) in [5.74, 6) is 0.578. The number of nitrogens with one attached hydrogen (secondary N) is 1. The standard InChI is InChI=1S/C28H28FN3O3S/c1-30-28(33)25-24-21-14-20(16-31(2)19-8-6-5-7-9-19)34-27(21)22(32(3)36-4)15-23(24)35-26(25)17-10-12-18(29)13-11-17/h5-13,15,20H,14,16H2,1-4H3,(H,30,33). The Bertz CT molecular complexity index is 1410. The zero-order valence-corrected chi connectivity index (χ0v) is 21.5. The van der Waals surface area contributed by atoms with Crippen molar-refractivity contribution in [2.24, 2.45) is 0 Å². The minimum atomic E-state index is -0.347. The zero-order chi connectivity index (χ0) is 25.4. The Morgan fingerprint density at radius 2 is 1.86 bits per heavy atom. The van der Waals surface area contributed by atoms with Crippen LogP contribution in [-0.2, 0) is 6.42 Å². The summed E-state index contributed by atoms with van der Waals surface area (Å²) in [6.45, 7) is 0.681. The summed E-state index contributed by atoms with van der Waals surface area (Å²) in [6, 6.07) is 18.1. The number of likely N-dealkylation sites (N-methyl/N-ethyl adjacent to an activating group) is 1. The third-order valence-corrected chi connectivity index (χ3v) is 7.32. The van der Waals surface area contributed by atoms with Crippen LogP contribution in [0.4, 0.5) is 15.8 Å². The van der Waals surface area contributed by atoms with Gasteiger partial charge in [-0.2, -0.15) is 0 Å². The highest BCUT2D eigenvalue weighted by Crippen LogP contribution is 2.48. The summed E-state index contributed by atoms with van der Waals surface area (Å²) in [7, 11) is 5.62. The van der Waals surface area contributed by atoms with E-state index < -0.39 is 0 Å². The number of fused-ring (bicyclic) bond motifs is 3. The van der Waals surface area contributed by atoms with Crippen LogP contribution in [0.2, 0.25) is 0 Å². The third kappa shape index (κ3) is 4.26. The summed E-state index contributed by atoms with van der Waals surface area (Å²) < 4.78 is 28.5. The predicted molar refractivity (Wildman–Crippen MR) is 145 cm³/mol. The first-order valence-electron chi connectivity index (χ1n) is 11.7. The fourth-order valence-electron chi connectivity index (χ4n) is 4.74. The van der Waals surface area contributed by atoms with E-state index in [2.05, 4.69) is 22.3 Å². The molecule has 6 nitrogen and oxygen atoms in total. The summed E-state index contributed by atoms with van der Waals surface area (Å²) in [6.07, 6.45) is 2.52. The van der Waals surface area contributed by atoms with E-state index in [1.165, 1.54) is 12.1 Å². The van der Waals surface area contributed by atoms with Gasteiger partial charge in [-0.1, -0.05) is 30.1 Å². The van der Waals surface area contributed by atoms with E-state index in [-0.39, 0.29) is 17.8 Å². The van der Waals surface area contributed by atoms with Crippen LogP contribution in [0.1, 0.15) is 15.9 Å². The highest BCUT2D eigenvalue weighted by atomic mass is 32.2. The Morgan fingerprint density at radius 1 is 1.14 bits per heavy atom. The largest absolute Gasteiger partial charge is 0.486 e. The fourth-order valence-corrected chi connectivity index (χ4v) is 5.08. The number of furan rings is 1. The average molecular weight is 506 g/mol. The van der Waals surface area contributed by atoms with E-state index in [4.69, 9.17) is 9.15 Å². The second-order valence-corrected chi connectivity index (χ2v) is 9.72. The highest BCUT2D eigenvalue weighted by molar-refractivity contribution is 7.99. The molecule has 186 valence electrons. The summed E-state index contributed by atoms with van der Waals surface area (Å²) in [5, 5.41) is 3.49. The van der Waals surface area contributed by atoms with E-state index in [1.807, 2.05) is 48.9 Å². The van der Waals surface area contributed by atoms with Crippen molar-refractivity contribution in [2.75, 3.05) is 43.1 Å². The molecule has 1 aromatic heterocycles. The second-order valence-electron chi connectivity index (χ2n) is 8.81. The Hall–Kier alpha value is -3.65. The van der Waals surface area contributed by atoms with Crippen molar-refractivity contribution < 1.29 is 18.3 Å². The molecule has 4 aromatic rings. The Balaban J connectivity index is 1.64. The van der Waals surface area contributed by atoms with E-state index in [0.717, 1.165) is 28.1 Å². The normalized spacial score (nSPS) is 14.4. The molecule has 36 heavy (non-hydrogen) atoms. The van der Waals surface area contributed by atoms with Gasteiger partial charge in [0.1, 0.15) is 29.0 Å². The molecular formula is C28H28FN3O3S. The van der Waals surface area contributed by atoms with Gasteiger partial charge in [-0.3, -0.25) is 4.79 Å². The second kappa shape index (κ2) is 9.78. The molecule has 1 unspecified atom stereocenters. The van der Waals surface area contributed by atoms with Crippen LogP contribution in [-0.4, -0.2) is 46.0 Å². The van der Waals surface area contributed by atoms with Gasteiger partial charge >= 0.3 is 0 Å². The quantitative estimate of drug-likeness (QED) is 0.323. The number of benzene rings is 3. The number of rotatable bonds is 7. The molecule has 0 saturated heterocycles. The minimum Gasteiger partial charge on any atom is -0.486 e. The van der Waals surface area contributed by atoms with Gasteiger partial charge < -0.3 is 23.7 Å². The number of anilines is 2. The molecule has 2 heterocycles. The number of para-hydroxylation sites is 1. The number of hydrogen-bond acceptors (Lipinski definition) is 6. The molecule has 1 N–H and O–H groups in total. The van der Waals surface area contributed by atoms with E-state index in [1.54, 1.807) is 31.1 Å². The molecule has 3 aromatic carbocycles. The lowest BCUT2D eigenvalue weighted by Crippen LogP contribution is -2.32. The van der Waals surface area contributed by atoms with Gasteiger partial charge in [0.25, 0.3) is 5.91 Å². The van der Waals surface area contributed by atoms with Gasteiger partial charge in [0.05, 0.1) is 17.8 Å². The maximum absolute atomic E-state index is 13.6. The predicted octanol–water partition coefficient (Wildman–Crippen LogP) is 5.75. The number of carbonyl (C=O) groups is 1. The fraction of sp³-hybridized carbons (Fsp3) is 0.250. The minimum absolute atomic E-state index is 0.105. The lowest BCUT2D eigenvalue weighted by atomic mass is 9.97. The monoisotopic (exact) mass is 505 g/mol. The smallest absolute Gasteiger partial charge is 0.255 e. The molecule has 0 radical (unpaired) electrons. The number of ether oxygens (including phenoxy) is 1. The molecule has 0 bridgehead atoms. The topological polar surface area (TPSA) is 58.0 Å². The van der Waals surface area contributed by atoms with Crippen molar-refractivity contribution in [3.8, 4) is 17.1 Å². The van der Waals surface area contributed by atoms with Crippen LogP contribution in [0, 0.1) is 5.82 Å².